The van der Waals surface area contributed by atoms with E-state index in [-0.39, 0.29) is 11.8 Å². The lowest BCUT2D eigenvalue weighted by Crippen LogP contribution is -2.37. The number of unbranched alkanes of at least 4 members (excludes halogenated alkanes) is 1. The van der Waals surface area contributed by atoms with Crippen molar-refractivity contribution in [2.24, 2.45) is 0 Å². The minimum absolute atomic E-state index is 0.111. The van der Waals surface area contributed by atoms with Crippen molar-refractivity contribution in [3.63, 3.8) is 0 Å². The Hall–Kier alpha value is -2.76. The average Bonchev–Trinajstić information content (AvgIpc) is 2.98. The topological polar surface area (TPSA) is 66.4 Å². The van der Waals surface area contributed by atoms with Crippen molar-refractivity contribution in [1.82, 2.24) is 19.8 Å². The number of rotatable bonds is 6. The predicted octanol–water partition coefficient (Wildman–Crippen LogP) is 2.56. The summed E-state index contributed by atoms with van der Waals surface area (Å²) in [6.07, 6.45) is 8.85. The Balaban J connectivity index is 1.42. The van der Waals surface area contributed by atoms with Crippen LogP contribution in [0.5, 0.6) is 0 Å². The van der Waals surface area contributed by atoms with E-state index in [0.29, 0.717) is 38.3 Å². The third-order valence-corrected chi connectivity index (χ3v) is 4.87. The van der Waals surface area contributed by atoms with Crippen LogP contribution in [0.25, 0.3) is 0 Å². The molecule has 1 saturated heterocycles. The Kier molecular flexibility index (Phi) is 6.90. The zero-order valence-corrected chi connectivity index (χ0v) is 15.6. The van der Waals surface area contributed by atoms with Crippen LogP contribution in [-0.4, -0.2) is 57.8 Å². The highest BCUT2D eigenvalue weighted by Gasteiger charge is 2.23. The molecular weight excluding hydrogens is 340 g/mol. The Morgan fingerprint density at radius 1 is 0.926 bits per heavy atom. The minimum atomic E-state index is -0.111. The molecule has 0 saturated carbocycles. The van der Waals surface area contributed by atoms with Gasteiger partial charge in [0.15, 0.2) is 0 Å². The smallest absolute Gasteiger partial charge is 0.274 e. The molecule has 2 amide bonds. The summed E-state index contributed by atoms with van der Waals surface area (Å²) in [6.45, 7) is 2.49. The van der Waals surface area contributed by atoms with Gasteiger partial charge in [0.05, 0.1) is 6.20 Å². The number of aromatic nitrogens is 2. The normalized spacial score (nSPS) is 14.7. The van der Waals surface area contributed by atoms with Gasteiger partial charge in [0.1, 0.15) is 5.69 Å². The summed E-state index contributed by atoms with van der Waals surface area (Å²) in [5.74, 6) is 0.0807. The first-order chi connectivity index (χ1) is 13.2. The number of carbonyl (C=O) groups is 2. The molecular formula is C21H26N4O2. The van der Waals surface area contributed by atoms with E-state index in [1.165, 1.54) is 18.0 Å². The van der Waals surface area contributed by atoms with Gasteiger partial charge >= 0.3 is 0 Å². The number of amides is 2. The first-order valence-corrected chi connectivity index (χ1v) is 9.61. The van der Waals surface area contributed by atoms with Crippen LogP contribution in [0.2, 0.25) is 0 Å². The molecule has 0 unspecified atom stereocenters. The number of carbonyl (C=O) groups excluding carboxylic acids is 2. The second-order valence-corrected chi connectivity index (χ2v) is 6.81. The molecule has 142 valence electrons. The lowest BCUT2D eigenvalue weighted by atomic mass is 10.1. The largest absolute Gasteiger partial charge is 0.341 e. The van der Waals surface area contributed by atoms with Crippen LogP contribution in [0.1, 0.15) is 41.7 Å². The summed E-state index contributed by atoms with van der Waals surface area (Å²) < 4.78 is 0. The maximum atomic E-state index is 12.5. The molecule has 1 fully saturated rings. The van der Waals surface area contributed by atoms with E-state index in [4.69, 9.17) is 0 Å². The van der Waals surface area contributed by atoms with Crippen LogP contribution in [0.15, 0.2) is 48.9 Å². The molecule has 2 aromatic rings. The van der Waals surface area contributed by atoms with Crippen molar-refractivity contribution < 1.29 is 9.59 Å². The van der Waals surface area contributed by atoms with Gasteiger partial charge in [0.2, 0.25) is 5.91 Å². The van der Waals surface area contributed by atoms with E-state index in [1.54, 1.807) is 11.1 Å². The third-order valence-electron chi connectivity index (χ3n) is 4.87. The molecule has 1 aromatic carbocycles. The average molecular weight is 366 g/mol. The van der Waals surface area contributed by atoms with Crippen LogP contribution >= 0.6 is 0 Å². The highest BCUT2D eigenvalue weighted by molar-refractivity contribution is 5.92. The van der Waals surface area contributed by atoms with E-state index in [1.807, 2.05) is 23.1 Å². The maximum Gasteiger partial charge on any atom is 0.274 e. The molecule has 6 nitrogen and oxygen atoms in total. The fourth-order valence-electron chi connectivity index (χ4n) is 3.35. The molecule has 0 N–H and O–H groups in total. The summed E-state index contributed by atoms with van der Waals surface area (Å²) in [5, 5.41) is 0. The van der Waals surface area contributed by atoms with Crippen LogP contribution in [0.4, 0.5) is 0 Å². The second-order valence-electron chi connectivity index (χ2n) is 6.81. The zero-order valence-electron chi connectivity index (χ0n) is 15.6. The van der Waals surface area contributed by atoms with Crippen molar-refractivity contribution in [3.05, 3.63) is 60.2 Å². The van der Waals surface area contributed by atoms with Gasteiger partial charge in [-0.15, -0.1) is 0 Å². The lowest BCUT2D eigenvalue weighted by Gasteiger charge is -2.22. The summed E-state index contributed by atoms with van der Waals surface area (Å²) in [7, 11) is 0. The van der Waals surface area contributed by atoms with E-state index in [0.717, 1.165) is 25.7 Å². The first-order valence-electron chi connectivity index (χ1n) is 9.61. The van der Waals surface area contributed by atoms with E-state index in [2.05, 4.69) is 22.1 Å². The molecule has 27 heavy (non-hydrogen) atoms. The summed E-state index contributed by atoms with van der Waals surface area (Å²) in [6, 6.07) is 10.4. The number of benzene rings is 1. The Morgan fingerprint density at radius 2 is 1.70 bits per heavy atom. The third kappa shape index (κ3) is 5.61. The monoisotopic (exact) mass is 366 g/mol. The van der Waals surface area contributed by atoms with Crippen molar-refractivity contribution in [2.75, 3.05) is 26.2 Å². The van der Waals surface area contributed by atoms with Crippen molar-refractivity contribution >= 4 is 11.8 Å². The van der Waals surface area contributed by atoms with Crippen LogP contribution < -0.4 is 0 Å². The highest BCUT2D eigenvalue weighted by atomic mass is 16.2. The zero-order chi connectivity index (χ0) is 18.9. The molecule has 0 radical (unpaired) electrons. The van der Waals surface area contributed by atoms with E-state index in [9.17, 15) is 9.59 Å². The number of nitrogens with zero attached hydrogens (tertiary/aromatic N) is 4. The standard InChI is InChI=1S/C21H26N4O2/c26-20(10-5-4-9-18-7-2-1-3-8-18)24-13-6-14-25(16-15-24)21(27)19-17-22-11-12-23-19/h1-3,7-8,11-12,17H,4-6,9-10,13-16H2. The molecule has 1 aliphatic heterocycles. The Morgan fingerprint density at radius 3 is 2.48 bits per heavy atom. The molecule has 2 heterocycles. The van der Waals surface area contributed by atoms with Gasteiger partial charge in [-0.25, -0.2) is 4.98 Å². The van der Waals surface area contributed by atoms with Crippen molar-refractivity contribution in [2.45, 2.75) is 32.1 Å². The predicted molar refractivity (Wildman–Crippen MR) is 103 cm³/mol. The first kappa shape index (κ1) is 19.0. The molecule has 0 spiro atoms. The summed E-state index contributed by atoms with van der Waals surface area (Å²) in [4.78, 5) is 36.7. The van der Waals surface area contributed by atoms with Gasteiger partial charge in [-0.05, 0) is 31.2 Å². The molecule has 0 atom stereocenters. The maximum absolute atomic E-state index is 12.5. The Bertz CT molecular complexity index is 736. The van der Waals surface area contributed by atoms with Gasteiger partial charge < -0.3 is 9.80 Å². The molecule has 3 rings (SSSR count). The van der Waals surface area contributed by atoms with Crippen LogP contribution in [-0.2, 0) is 11.2 Å². The van der Waals surface area contributed by atoms with Gasteiger partial charge in [-0.3, -0.25) is 14.6 Å². The Labute approximate surface area is 160 Å². The molecule has 0 bridgehead atoms. The quantitative estimate of drug-likeness (QED) is 0.737. The SMILES string of the molecule is O=C(CCCCc1ccccc1)N1CCCN(C(=O)c2cnccn2)CC1. The fourth-order valence-corrected chi connectivity index (χ4v) is 3.35. The van der Waals surface area contributed by atoms with E-state index < -0.39 is 0 Å². The van der Waals surface area contributed by atoms with Gasteiger partial charge in [0, 0.05) is 45.0 Å². The van der Waals surface area contributed by atoms with Crippen LogP contribution in [0.3, 0.4) is 0 Å². The molecule has 1 aliphatic rings. The lowest BCUT2D eigenvalue weighted by molar-refractivity contribution is -0.131. The molecule has 1 aromatic heterocycles. The van der Waals surface area contributed by atoms with Crippen LogP contribution in [0, 0.1) is 0 Å². The number of hydrogen-bond acceptors (Lipinski definition) is 4. The summed E-state index contributed by atoms with van der Waals surface area (Å²) in [5.41, 5.74) is 1.68. The minimum Gasteiger partial charge on any atom is -0.341 e. The van der Waals surface area contributed by atoms with Crippen molar-refractivity contribution in [1.29, 1.82) is 0 Å². The van der Waals surface area contributed by atoms with Gasteiger partial charge in [0.25, 0.3) is 5.91 Å². The second kappa shape index (κ2) is 9.80. The number of aryl methyl sites for hydroxylation is 1. The summed E-state index contributed by atoms with van der Waals surface area (Å²) >= 11 is 0. The van der Waals surface area contributed by atoms with Gasteiger partial charge in [-0.1, -0.05) is 30.3 Å². The van der Waals surface area contributed by atoms with Gasteiger partial charge in [-0.2, -0.15) is 0 Å². The van der Waals surface area contributed by atoms with Crippen molar-refractivity contribution in [3.8, 4) is 0 Å². The number of hydrogen-bond donors (Lipinski definition) is 0. The molecule has 0 aliphatic carbocycles. The highest BCUT2D eigenvalue weighted by Crippen LogP contribution is 2.11. The molecule has 6 heteroatoms. The van der Waals surface area contributed by atoms with E-state index >= 15 is 0 Å². The fraction of sp³-hybridized carbons (Fsp3) is 0.429.